The quantitative estimate of drug-likeness (QED) is 0.881. The Labute approximate surface area is 105 Å². The molecule has 2 atom stereocenters. The van der Waals surface area contributed by atoms with Crippen LogP contribution in [0.3, 0.4) is 0 Å². The number of tetrazole rings is 1. The number of nitrogens with one attached hydrogen (secondary N) is 1. The Morgan fingerprint density at radius 3 is 2.89 bits per heavy atom. The van der Waals surface area contributed by atoms with Gasteiger partial charge in [-0.15, -0.1) is 10.2 Å². The normalized spacial score (nSPS) is 25.0. The van der Waals surface area contributed by atoms with Crippen molar-refractivity contribution in [1.82, 2.24) is 25.5 Å². The zero-order valence-electron chi connectivity index (χ0n) is 10.7. The van der Waals surface area contributed by atoms with Crippen LogP contribution >= 0.6 is 0 Å². The highest BCUT2D eigenvalue weighted by molar-refractivity contribution is 4.91. The molecule has 2 rings (SSSR count). The van der Waals surface area contributed by atoms with Gasteiger partial charge in [-0.2, -0.15) is 4.80 Å². The SMILES string of the molecule is CNC(Cc1nnn(C)n1)C1CCCC(F)(F)C1. The molecule has 18 heavy (non-hydrogen) atoms. The van der Waals surface area contributed by atoms with Crippen molar-refractivity contribution in [3.05, 3.63) is 5.82 Å². The van der Waals surface area contributed by atoms with Crippen LogP contribution in [0.15, 0.2) is 0 Å². The molecule has 0 bridgehead atoms. The Morgan fingerprint density at radius 2 is 2.33 bits per heavy atom. The molecule has 102 valence electrons. The highest BCUT2D eigenvalue weighted by Crippen LogP contribution is 2.38. The second-order valence-electron chi connectivity index (χ2n) is 5.01. The number of alkyl halides is 2. The van der Waals surface area contributed by atoms with E-state index in [0.29, 0.717) is 18.7 Å². The number of rotatable bonds is 4. The number of likely N-dealkylation sites (N-methyl/N-ethyl adjacent to an activating group) is 1. The molecule has 0 radical (unpaired) electrons. The van der Waals surface area contributed by atoms with Gasteiger partial charge in [-0.05, 0) is 31.0 Å². The molecule has 1 heterocycles. The summed E-state index contributed by atoms with van der Waals surface area (Å²) in [6, 6.07) is -0.0135. The van der Waals surface area contributed by atoms with E-state index in [1.54, 1.807) is 14.1 Å². The van der Waals surface area contributed by atoms with E-state index in [-0.39, 0.29) is 24.8 Å². The summed E-state index contributed by atoms with van der Waals surface area (Å²) in [5.74, 6) is -1.94. The lowest BCUT2D eigenvalue weighted by molar-refractivity contribution is -0.0578. The number of halogens is 2. The third-order valence-electron chi connectivity index (χ3n) is 3.57. The van der Waals surface area contributed by atoms with E-state index in [2.05, 4.69) is 20.7 Å². The van der Waals surface area contributed by atoms with Crippen molar-refractivity contribution >= 4 is 0 Å². The van der Waals surface area contributed by atoms with E-state index < -0.39 is 5.92 Å². The van der Waals surface area contributed by atoms with Crippen LogP contribution in [-0.4, -0.2) is 39.2 Å². The fraction of sp³-hybridized carbons (Fsp3) is 0.909. The third-order valence-corrected chi connectivity index (χ3v) is 3.57. The Balaban J connectivity index is 1.99. The molecular weight excluding hydrogens is 240 g/mol. The van der Waals surface area contributed by atoms with Crippen molar-refractivity contribution < 1.29 is 8.78 Å². The van der Waals surface area contributed by atoms with Gasteiger partial charge in [-0.1, -0.05) is 0 Å². The topological polar surface area (TPSA) is 55.6 Å². The molecule has 0 saturated heterocycles. The van der Waals surface area contributed by atoms with Crippen LogP contribution in [0.2, 0.25) is 0 Å². The van der Waals surface area contributed by atoms with Gasteiger partial charge in [-0.3, -0.25) is 0 Å². The Hall–Kier alpha value is -1.11. The average molecular weight is 259 g/mol. The first-order valence-corrected chi connectivity index (χ1v) is 6.28. The molecule has 7 heteroatoms. The van der Waals surface area contributed by atoms with Crippen LogP contribution < -0.4 is 5.32 Å². The van der Waals surface area contributed by atoms with Crippen LogP contribution in [-0.2, 0) is 13.5 Å². The smallest absolute Gasteiger partial charge is 0.248 e. The van der Waals surface area contributed by atoms with Crippen LogP contribution in [0.4, 0.5) is 8.78 Å². The summed E-state index contributed by atoms with van der Waals surface area (Å²) >= 11 is 0. The van der Waals surface area contributed by atoms with Crippen LogP contribution in [0.25, 0.3) is 0 Å². The summed E-state index contributed by atoms with van der Waals surface area (Å²) in [6.45, 7) is 0. The second kappa shape index (κ2) is 5.26. The molecule has 1 aliphatic carbocycles. The molecular formula is C11H19F2N5. The lowest BCUT2D eigenvalue weighted by Gasteiger charge is -2.33. The van der Waals surface area contributed by atoms with Crippen molar-refractivity contribution in [2.24, 2.45) is 13.0 Å². The van der Waals surface area contributed by atoms with E-state index in [9.17, 15) is 8.78 Å². The van der Waals surface area contributed by atoms with Crippen molar-refractivity contribution in [3.8, 4) is 0 Å². The van der Waals surface area contributed by atoms with Crippen molar-refractivity contribution in [1.29, 1.82) is 0 Å². The first-order chi connectivity index (χ1) is 8.50. The molecule has 1 aromatic heterocycles. The maximum Gasteiger partial charge on any atom is 0.248 e. The minimum Gasteiger partial charge on any atom is -0.316 e. The first-order valence-electron chi connectivity index (χ1n) is 6.28. The van der Waals surface area contributed by atoms with Crippen molar-refractivity contribution in [3.63, 3.8) is 0 Å². The zero-order chi connectivity index (χ0) is 13.2. The number of aryl methyl sites for hydroxylation is 1. The fourth-order valence-corrected chi connectivity index (χ4v) is 2.66. The average Bonchev–Trinajstić information content (AvgIpc) is 2.70. The molecule has 0 spiro atoms. The Bertz CT molecular complexity index is 393. The summed E-state index contributed by atoms with van der Waals surface area (Å²) in [6.07, 6.45) is 1.94. The van der Waals surface area contributed by atoms with Crippen LogP contribution in [0.1, 0.15) is 31.5 Å². The molecule has 1 aromatic rings. The highest BCUT2D eigenvalue weighted by atomic mass is 19.3. The fourth-order valence-electron chi connectivity index (χ4n) is 2.66. The van der Waals surface area contributed by atoms with Gasteiger partial charge in [0.15, 0.2) is 5.82 Å². The number of aromatic nitrogens is 4. The standard InChI is InChI=1S/C11H19F2N5/c1-14-9(6-10-15-17-18(2)16-10)8-4-3-5-11(12,13)7-8/h8-9,14H,3-7H2,1-2H3. The summed E-state index contributed by atoms with van der Waals surface area (Å²) in [4.78, 5) is 1.39. The van der Waals surface area contributed by atoms with E-state index >= 15 is 0 Å². The summed E-state index contributed by atoms with van der Waals surface area (Å²) < 4.78 is 26.8. The van der Waals surface area contributed by atoms with Crippen molar-refractivity contribution in [2.75, 3.05) is 7.05 Å². The number of hydrogen-bond donors (Lipinski definition) is 1. The summed E-state index contributed by atoms with van der Waals surface area (Å²) in [5, 5.41) is 14.9. The van der Waals surface area contributed by atoms with Gasteiger partial charge in [0.1, 0.15) is 0 Å². The first kappa shape index (κ1) is 13.3. The molecule has 0 amide bonds. The lowest BCUT2D eigenvalue weighted by Crippen LogP contribution is -2.41. The molecule has 1 saturated carbocycles. The minimum absolute atomic E-state index is 0.0135. The zero-order valence-corrected chi connectivity index (χ0v) is 10.7. The number of hydrogen-bond acceptors (Lipinski definition) is 4. The Morgan fingerprint density at radius 1 is 1.56 bits per heavy atom. The van der Waals surface area contributed by atoms with E-state index in [4.69, 9.17) is 0 Å². The van der Waals surface area contributed by atoms with E-state index in [1.807, 2.05) is 0 Å². The van der Waals surface area contributed by atoms with Gasteiger partial charge >= 0.3 is 0 Å². The maximum atomic E-state index is 13.4. The van der Waals surface area contributed by atoms with E-state index in [0.717, 1.165) is 6.42 Å². The molecule has 1 N–H and O–H groups in total. The molecule has 5 nitrogen and oxygen atoms in total. The largest absolute Gasteiger partial charge is 0.316 e. The van der Waals surface area contributed by atoms with E-state index in [1.165, 1.54) is 4.80 Å². The van der Waals surface area contributed by atoms with Gasteiger partial charge in [0.2, 0.25) is 5.92 Å². The molecule has 1 fully saturated rings. The van der Waals surface area contributed by atoms with Gasteiger partial charge < -0.3 is 5.32 Å². The molecule has 2 unspecified atom stereocenters. The second-order valence-corrected chi connectivity index (χ2v) is 5.01. The van der Waals surface area contributed by atoms with Gasteiger partial charge in [-0.25, -0.2) is 8.78 Å². The van der Waals surface area contributed by atoms with Crippen LogP contribution in [0, 0.1) is 5.92 Å². The van der Waals surface area contributed by atoms with Crippen LogP contribution in [0.5, 0.6) is 0 Å². The summed E-state index contributed by atoms with van der Waals surface area (Å²) in [7, 11) is 3.49. The number of nitrogens with zero attached hydrogens (tertiary/aromatic N) is 4. The maximum absolute atomic E-state index is 13.4. The molecule has 1 aliphatic rings. The van der Waals surface area contributed by atoms with Crippen molar-refractivity contribution in [2.45, 2.75) is 44.1 Å². The minimum atomic E-state index is -2.52. The Kier molecular flexibility index (Phi) is 3.89. The van der Waals surface area contributed by atoms with Gasteiger partial charge in [0, 0.05) is 25.3 Å². The lowest BCUT2D eigenvalue weighted by atomic mass is 9.80. The predicted octanol–water partition coefficient (Wildman–Crippen LogP) is 1.17. The summed E-state index contributed by atoms with van der Waals surface area (Å²) in [5.41, 5.74) is 0. The predicted molar refractivity (Wildman–Crippen MR) is 62.3 cm³/mol. The highest BCUT2D eigenvalue weighted by Gasteiger charge is 2.39. The molecule has 0 aromatic carbocycles. The van der Waals surface area contributed by atoms with Gasteiger partial charge in [0.05, 0.1) is 7.05 Å². The van der Waals surface area contributed by atoms with Gasteiger partial charge in [0.25, 0.3) is 0 Å². The third kappa shape index (κ3) is 3.22. The monoisotopic (exact) mass is 259 g/mol. The molecule has 0 aliphatic heterocycles.